The topological polar surface area (TPSA) is 101 Å². The van der Waals surface area contributed by atoms with Gasteiger partial charge < -0.3 is 24.8 Å². The fourth-order valence-electron chi connectivity index (χ4n) is 3.99. The summed E-state index contributed by atoms with van der Waals surface area (Å²) >= 11 is 0. The van der Waals surface area contributed by atoms with Gasteiger partial charge in [0.15, 0.2) is 11.5 Å². The molecule has 30 heavy (non-hydrogen) atoms. The number of nitrogens with one attached hydrogen (secondary N) is 1. The van der Waals surface area contributed by atoms with E-state index in [0.29, 0.717) is 30.5 Å². The van der Waals surface area contributed by atoms with Crippen molar-refractivity contribution < 1.29 is 19.5 Å². The molecule has 0 spiro atoms. The molecule has 2 aromatic carbocycles. The van der Waals surface area contributed by atoms with E-state index in [0.717, 1.165) is 24.0 Å². The van der Waals surface area contributed by atoms with E-state index in [1.165, 1.54) is 11.1 Å². The van der Waals surface area contributed by atoms with Gasteiger partial charge >= 0.3 is 0 Å². The molecule has 0 saturated carbocycles. The first-order chi connectivity index (χ1) is 14.6. The van der Waals surface area contributed by atoms with Crippen LogP contribution >= 0.6 is 0 Å². The van der Waals surface area contributed by atoms with Gasteiger partial charge in [0.25, 0.3) is 0 Å². The summed E-state index contributed by atoms with van der Waals surface area (Å²) in [6.07, 6.45) is 2.34. The number of aromatic hydroxyl groups is 1. The van der Waals surface area contributed by atoms with Crippen molar-refractivity contribution in [3.63, 3.8) is 0 Å². The molecule has 0 radical (unpaired) electrons. The van der Waals surface area contributed by atoms with Crippen LogP contribution in [0.1, 0.15) is 48.9 Å². The van der Waals surface area contributed by atoms with Crippen LogP contribution < -0.4 is 10.1 Å². The lowest BCUT2D eigenvalue weighted by atomic mass is 10.0. The Morgan fingerprint density at radius 3 is 2.93 bits per heavy atom. The summed E-state index contributed by atoms with van der Waals surface area (Å²) in [5.41, 5.74) is 4.31. The van der Waals surface area contributed by atoms with Gasteiger partial charge in [-0.25, -0.2) is 0 Å². The van der Waals surface area contributed by atoms with Crippen molar-refractivity contribution in [1.29, 1.82) is 0 Å². The molecule has 1 unspecified atom stereocenters. The first-order valence-electron chi connectivity index (χ1n) is 10.3. The Morgan fingerprint density at radius 1 is 1.30 bits per heavy atom. The standard InChI is InChI=1S/C23H27N3O4/c1-3-29-21-10-7-15(11-20(21)28)12-22-25-23(26-30-22)18-6-4-5-17-16(18)8-9-19(17)24-14(2)13-27/h4-7,10-11,14,19,24,27-28H,3,8-9,12-13H2,1-2H3/t14-,19?/m1/s1. The van der Waals surface area contributed by atoms with Gasteiger partial charge in [0.1, 0.15) is 0 Å². The van der Waals surface area contributed by atoms with Crippen molar-refractivity contribution in [2.45, 2.75) is 45.2 Å². The van der Waals surface area contributed by atoms with E-state index in [1.54, 1.807) is 12.1 Å². The molecular weight excluding hydrogens is 382 g/mol. The van der Waals surface area contributed by atoms with E-state index in [-0.39, 0.29) is 24.4 Å². The second-order valence-electron chi connectivity index (χ2n) is 7.64. The Hall–Kier alpha value is -2.90. The number of benzene rings is 2. The number of phenols is 1. The number of hydrogen-bond donors (Lipinski definition) is 3. The highest BCUT2D eigenvalue weighted by Crippen LogP contribution is 2.37. The lowest BCUT2D eigenvalue weighted by molar-refractivity contribution is 0.240. The van der Waals surface area contributed by atoms with Crippen LogP contribution in [-0.2, 0) is 12.8 Å². The number of phenolic OH excluding ortho intramolecular Hbond substituents is 1. The lowest BCUT2D eigenvalue weighted by Crippen LogP contribution is -2.32. The maximum absolute atomic E-state index is 10.1. The van der Waals surface area contributed by atoms with Crippen molar-refractivity contribution in [2.24, 2.45) is 0 Å². The largest absolute Gasteiger partial charge is 0.504 e. The molecule has 2 atom stereocenters. The summed E-state index contributed by atoms with van der Waals surface area (Å²) in [4.78, 5) is 4.59. The fourth-order valence-corrected chi connectivity index (χ4v) is 3.99. The quantitative estimate of drug-likeness (QED) is 0.524. The summed E-state index contributed by atoms with van der Waals surface area (Å²) < 4.78 is 10.9. The third-order valence-corrected chi connectivity index (χ3v) is 5.42. The van der Waals surface area contributed by atoms with Gasteiger partial charge in [-0.2, -0.15) is 4.98 Å². The van der Waals surface area contributed by atoms with Crippen molar-refractivity contribution >= 4 is 0 Å². The normalized spacial score (nSPS) is 16.4. The predicted octanol–water partition coefficient (Wildman–Crippen LogP) is 3.39. The Bertz CT molecular complexity index is 1020. The molecule has 3 aromatic rings. The SMILES string of the molecule is CCOc1ccc(Cc2nc(-c3cccc4c3CCC4N[C@H](C)CO)no2)cc1O. The van der Waals surface area contributed by atoms with Crippen molar-refractivity contribution in [3.05, 3.63) is 59.0 Å². The van der Waals surface area contributed by atoms with Gasteiger partial charge in [-0.1, -0.05) is 29.4 Å². The van der Waals surface area contributed by atoms with Crippen molar-refractivity contribution in [2.75, 3.05) is 13.2 Å². The zero-order valence-electron chi connectivity index (χ0n) is 17.3. The number of aliphatic hydroxyl groups is 1. The fraction of sp³-hybridized carbons (Fsp3) is 0.391. The van der Waals surface area contributed by atoms with Crippen molar-refractivity contribution in [3.8, 4) is 22.9 Å². The number of rotatable bonds is 8. The predicted molar refractivity (Wildman–Crippen MR) is 113 cm³/mol. The van der Waals surface area contributed by atoms with Gasteiger partial charge in [-0.05, 0) is 55.5 Å². The van der Waals surface area contributed by atoms with E-state index in [1.807, 2.05) is 32.0 Å². The summed E-state index contributed by atoms with van der Waals surface area (Å²) in [5, 5.41) is 27.1. The first-order valence-corrected chi connectivity index (χ1v) is 10.3. The number of fused-ring (bicyclic) bond motifs is 1. The zero-order valence-corrected chi connectivity index (χ0v) is 17.3. The highest BCUT2D eigenvalue weighted by molar-refractivity contribution is 5.63. The zero-order chi connectivity index (χ0) is 21.1. The van der Waals surface area contributed by atoms with Crippen LogP contribution in [0, 0.1) is 0 Å². The molecule has 7 heteroatoms. The highest BCUT2D eigenvalue weighted by Gasteiger charge is 2.27. The third-order valence-electron chi connectivity index (χ3n) is 5.42. The molecule has 3 N–H and O–H groups in total. The average Bonchev–Trinajstić information content (AvgIpc) is 3.37. The molecule has 1 aliphatic rings. The Labute approximate surface area is 175 Å². The van der Waals surface area contributed by atoms with E-state index in [2.05, 4.69) is 21.5 Å². The number of aliphatic hydroxyl groups excluding tert-OH is 1. The lowest BCUT2D eigenvalue weighted by Gasteiger charge is -2.18. The van der Waals surface area contributed by atoms with Crippen LogP contribution in [0.3, 0.4) is 0 Å². The van der Waals surface area contributed by atoms with Crippen LogP contribution in [-0.4, -0.2) is 39.6 Å². The molecule has 7 nitrogen and oxygen atoms in total. The monoisotopic (exact) mass is 409 g/mol. The van der Waals surface area contributed by atoms with Gasteiger partial charge in [-0.3, -0.25) is 0 Å². The molecule has 0 bridgehead atoms. The van der Waals surface area contributed by atoms with Crippen LogP contribution in [0.5, 0.6) is 11.5 Å². The highest BCUT2D eigenvalue weighted by atomic mass is 16.5. The minimum atomic E-state index is 0.0481. The van der Waals surface area contributed by atoms with Crippen LogP contribution in [0.4, 0.5) is 0 Å². The first kappa shape index (κ1) is 20.4. The molecule has 0 amide bonds. The molecule has 1 aromatic heterocycles. The molecule has 0 fully saturated rings. The second-order valence-corrected chi connectivity index (χ2v) is 7.64. The van der Waals surface area contributed by atoms with Gasteiger partial charge in [-0.15, -0.1) is 0 Å². The summed E-state index contributed by atoms with van der Waals surface area (Å²) in [6, 6.07) is 11.7. The van der Waals surface area contributed by atoms with Gasteiger partial charge in [0.05, 0.1) is 19.6 Å². The van der Waals surface area contributed by atoms with Crippen LogP contribution in [0.15, 0.2) is 40.9 Å². The summed E-state index contributed by atoms with van der Waals surface area (Å²) in [7, 11) is 0. The number of nitrogens with zero attached hydrogens (tertiary/aromatic N) is 2. The number of ether oxygens (including phenoxy) is 1. The molecule has 1 aliphatic carbocycles. The Kier molecular flexibility index (Phi) is 6.01. The summed E-state index contributed by atoms with van der Waals surface area (Å²) in [6.45, 7) is 4.46. The Morgan fingerprint density at radius 2 is 2.17 bits per heavy atom. The number of hydrogen-bond acceptors (Lipinski definition) is 7. The van der Waals surface area contributed by atoms with E-state index < -0.39 is 0 Å². The maximum atomic E-state index is 10.1. The maximum Gasteiger partial charge on any atom is 0.231 e. The van der Waals surface area contributed by atoms with E-state index in [4.69, 9.17) is 9.26 Å². The summed E-state index contributed by atoms with van der Waals surface area (Å²) in [5.74, 6) is 1.64. The second kappa shape index (κ2) is 8.85. The van der Waals surface area contributed by atoms with E-state index in [9.17, 15) is 10.2 Å². The minimum absolute atomic E-state index is 0.0481. The number of aromatic nitrogens is 2. The molecule has 4 rings (SSSR count). The minimum Gasteiger partial charge on any atom is -0.504 e. The van der Waals surface area contributed by atoms with Crippen LogP contribution in [0.25, 0.3) is 11.4 Å². The smallest absolute Gasteiger partial charge is 0.231 e. The molecule has 0 saturated heterocycles. The molecular formula is C23H27N3O4. The molecule has 1 heterocycles. The average molecular weight is 409 g/mol. The molecule has 0 aliphatic heterocycles. The van der Waals surface area contributed by atoms with Gasteiger partial charge in [0, 0.05) is 17.6 Å². The van der Waals surface area contributed by atoms with E-state index >= 15 is 0 Å². The van der Waals surface area contributed by atoms with Gasteiger partial charge in [0.2, 0.25) is 11.7 Å². The Balaban J connectivity index is 1.53. The van der Waals surface area contributed by atoms with Crippen LogP contribution in [0.2, 0.25) is 0 Å². The third kappa shape index (κ3) is 4.17. The molecule has 158 valence electrons. The van der Waals surface area contributed by atoms with Crippen molar-refractivity contribution in [1.82, 2.24) is 15.5 Å².